The van der Waals surface area contributed by atoms with Crippen LogP contribution in [0.4, 0.5) is 18.9 Å². The molecule has 1 aromatic carbocycles. The van der Waals surface area contributed by atoms with Crippen LogP contribution in [-0.2, 0) is 12.6 Å². The lowest BCUT2D eigenvalue weighted by Crippen LogP contribution is -2.27. The Labute approximate surface area is 163 Å². The molecule has 0 radical (unpaired) electrons. The molecule has 1 heterocycles. The molecule has 0 unspecified atom stereocenters. The first-order valence-electron chi connectivity index (χ1n) is 9.43. The quantitative estimate of drug-likeness (QED) is 0.594. The van der Waals surface area contributed by atoms with E-state index in [2.05, 4.69) is 10.3 Å². The van der Waals surface area contributed by atoms with E-state index in [1.165, 1.54) is 44.2 Å². The minimum Gasteiger partial charge on any atom is -0.385 e. The monoisotopic (exact) mass is 396 g/mol. The zero-order valence-electron chi connectivity index (χ0n) is 15.1. The molecule has 0 saturated heterocycles. The highest BCUT2D eigenvalue weighted by Gasteiger charge is 2.30. The zero-order chi connectivity index (χ0) is 19.3. The highest BCUT2D eigenvalue weighted by Crippen LogP contribution is 2.33. The van der Waals surface area contributed by atoms with Crippen LogP contribution >= 0.6 is 11.6 Å². The number of pyridine rings is 1. The molecule has 2 nitrogen and oxygen atoms in total. The lowest BCUT2D eigenvalue weighted by molar-refractivity contribution is -0.137. The van der Waals surface area contributed by atoms with E-state index in [0.29, 0.717) is 29.1 Å². The number of aromatic nitrogens is 1. The minimum absolute atomic E-state index is 0.374. The Balaban J connectivity index is 1.67. The minimum atomic E-state index is -4.30. The SMILES string of the molecule is FC(F)(F)c1ccc(NC[C@@H](Cc2cc(Cl)ccn2)C2CCCCC2)cc1. The smallest absolute Gasteiger partial charge is 0.385 e. The second-order valence-corrected chi connectivity index (χ2v) is 7.72. The van der Waals surface area contributed by atoms with Crippen molar-refractivity contribution in [1.82, 2.24) is 4.98 Å². The van der Waals surface area contributed by atoms with Gasteiger partial charge < -0.3 is 5.32 Å². The van der Waals surface area contributed by atoms with Gasteiger partial charge in [-0.1, -0.05) is 43.7 Å². The van der Waals surface area contributed by atoms with Crippen LogP contribution in [0.15, 0.2) is 42.6 Å². The third-order valence-corrected chi connectivity index (χ3v) is 5.58. The van der Waals surface area contributed by atoms with E-state index in [9.17, 15) is 13.2 Å². The van der Waals surface area contributed by atoms with Gasteiger partial charge in [-0.2, -0.15) is 13.2 Å². The summed E-state index contributed by atoms with van der Waals surface area (Å²) in [5.41, 5.74) is 1.05. The van der Waals surface area contributed by atoms with Gasteiger partial charge in [0.25, 0.3) is 0 Å². The van der Waals surface area contributed by atoms with Gasteiger partial charge in [0, 0.05) is 29.1 Å². The molecule has 6 heteroatoms. The van der Waals surface area contributed by atoms with Crippen LogP contribution in [0.1, 0.15) is 43.4 Å². The molecule has 1 saturated carbocycles. The van der Waals surface area contributed by atoms with Crippen LogP contribution in [-0.4, -0.2) is 11.5 Å². The summed E-state index contributed by atoms with van der Waals surface area (Å²) in [5, 5.41) is 4.01. The van der Waals surface area contributed by atoms with Crippen molar-refractivity contribution >= 4 is 17.3 Å². The van der Waals surface area contributed by atoms with Gasteiger partial charge in [0.2, 0.25) is 0 Å². The van der Waals surface area contributed by atoms with Gasteiger partial charge >= 0.3 is 6.18 Å². The summed E-state index contributed by atoms with van der Waals surface area (Å²) in [6.07, 6.45) is 4.39. The molecule has 0 bridgehead atoms. The summed E-state index contributed by atoms with van der Waals surface area (Å²) in [5.74, 6) is 0.972. The maximum absolute atomic E-state index is 12.7. The van der Waals surface area contributed by atoms with Crippen molar-refractivity contribution < 1.29 is 13.2 Å². The van der Waals surface area contributed by atoms with Gasteiger partial charge in [0.15, 0.2) is 0 Å². The summed E-state index contributed by atoms with van der Waals surface area (Å²) in [4.78, 5) is 4.43. The van der Waals surface area contributed by atoms with Crippen LogP contribution in [0, 0.1) is 11.8 Å². The zero-order valence-corrected chi connectivity index (χ0v) is 15.9. The van der Waals surface area contributed by atoms with Crippen LogP contribution in [0.3, 0.4) is 0 Å². The maximum atomic E-state index is 12.7. The summed E-state index contributed by atoms with van der Waals surface area (Å²) in [6.45, 7) is 0.713. The number of nitrogens with one attached hydrogen (secondary N) is 1. The van der Waals surface area contributed by atoms with Crippen LogP contribution in [0.25, 0.3) is 0 Å². The molecule has 1 fully saturated rings. The van der Waals surface area contributed by atoms with Crippen molar-refractivity contribution in [2.75, 3.05) is 11.9 Å². The Morgan fingerprint density at radius 2 is 1.78 bits per heavy atom. The third kappa shape index (κ3) is 5.86. The Morgan fingerprint density at radius 1 is 1.07 bits per heavy atom. The first-order chi connectivity index (χ1) is 12.9. The van der Waals surface area contributed by atoms with Gasteiger partial charge in [-0.05, 0) is 54.7 Å². The van der Waals surface area contributed by atoms with Crippen molar-refractivity contribution in [3.63, 3.8) is 0 Å². The second kappa shape index (κ2) is 8.96. The van der Waals surface area contributed by atoms with Gasteiger partial charge in [-0.25, -0.2) is 0 Å². The Morgan fingerprint density at radius 3 is 2.41 bits per heavy atom. The van der Waals surface area contributed by atoms with Crippen LogP contribution in [0.5, 0.6) is 0 Å². The van der Waals surface area contributed by atoms with Crippen molar-refractivity contribution in [2.45, 2.75) is 44.7 Å². The number of hydrogen-bond donors (Lipinski definition) is 1. The van der Waals surface area contributed by atoms with E-state index < -0.39 is 11.7 Å². The Kier molecular flexibility index (Phi) is 6.64. The van der Waals surface area contributed by atoms with E-state index in [1.54, 1.807) is 12.3 Å². The van der Waals surface area contributed by atoms with Crippen molar-refractivity contribution in [3.05, 3.63) is 58.9 Å². The molecule has 0 aliphatic heterocycles. The molecule has 1 aliphatic carbocycles. The molecule has 3 rings (SSSR count). The number of hydrogen-bond acceptors (Lipinski definition) is 2. The number of rotatable bonds is 6. The van der Waals surface area contributed by atoms with Gasteiger partial charge in [-0.15, -0.1) is 0 Å². The standard InChI is InChI=1S/C21H24ClF3N2/c22-18-10-11-26-20(13-18)12-16(15-4-2-1-3-5-15)14-27-19-8-6-17(7-9-19)21(23,24)25/h6-11,13,15-16,27H,1-5,12,14H2/t16-/m1/s1. The molecular formula is C21H24ClF3N2. The van der Waals surface area contributed by atoms with E-state index in [1.807, 2.05) is 6.07 Å². The number of nitrogens with zero attached hydrogens (tertiary/aromatic N) is 1. The fourth-order valence-corrected chi connectivity index (χ4v) is 4.05. The van der Waals surface area contributed by atoms with Crippen molar-refractivity contribution in [2.24, 2.45) is 11.8 Å². The van der Waals surface area contributed by atoms with E-state index in [0.717, 1.165) is 24.2 Å². The van der Waals surface area contributed by atoms with Crippen molar-refractivity contribution in [3.8, 4) is 0 Å². The third-order valence-electron chi connectivity index (χ3n) is 5.35. The fourth-order valence-electron chi connectivity index (χ4n) is 3.87. The molecule has 27 heavy (non-hydrogen) atoms. The normalized spacial score (nSPS) is 16.9. The summed E-state index contributed by atoms with van der Waals surface area (Å²) < 4.78 is 38.1. The molecule has 146 valence electrons. The fraction of sp³-hybridized carbons (Fsp3) is 0.476. The number of anilines is 1. The summed E-state index contributed by atoms with van der Waals surface area (Å²) in [6, 6.07) is 8.90. The molecule has 1 aromatic heterocycles. The summed E-state index contributed by atoms with van der Waals surface area (Å²) >= 11 is 6.09. The van der Waals surface area contributed by atoms with Crippen molar-refractivity contribution in [1.29, 1.82) is 0 Å². The first-order valence-corrected chi connectivity index (χ1v) is 9.81. The maximum Gasteiger partial charge on any atom is 0.416 e. The van der Waals surface area contributed by atoms with Crippen LogP contribution < -0.4 is 5.32 Å². The topological polar surface area (TPSA) is 24.9 Å². The molecule has 0 spiro atoms. The van der Waals surface area contributed by atoms with Gasteiger partial charge in [-0.3, -0.25) is 4.98 Å². The molecule has 0 amide bonds. The average molecular weight is 397 g/mol. The Hall–Kier alpha value is -1.75. The highest BCUT2D eigenvalue weighted by molar-refractivity contribution is 6.30. The lowest BCUT2D eigenvalue weighted by atomic mass is 9.78. The van der Waals surface area contributed by atoms with Crippen LogP contribution in [0.2, 0.25) is 5.02 Å². The van der Waals surface area contributed by atoms with E-state index in [4.69, 9.17) is 11.6 Å². The number of benzene rings is 1. The largest absolute Gasteiger partial charge is 0.416 e. The van der Waals surface area contributed by atoms with E-state index in [-0.39, 0.29) is 0 Å². The van der Waals surface area contributed by atoms with Gasteiger partial charge in [0.1, 0.15) is 0 Å². The predicted octanol–water partition coefficient (Wildman–Crippen LogP) is 6.60. The predicted molar refractivity (Wildman–Crippen MR) is 103 cm³/mol. The Bertz CT molecular complexity index is 725. The average Bonchev–Trinajstić information content (AvgIpc) is 2.65. The molecule has 2 aromatic rings. The van der Waals surface area contributed by atoms with E-state index >= 15 is 0 Å². The molecule has 1 atom stereocenters. The molecule has 1 N–H and O–H groups in total. The number of alkyl halides is 3. The second-order valence-electron chi connectivity index (χ2n) is 7.28. The van der Waals surface area contributed by atoms with Gasteiger partial charge in [0.05, 0.1) is 5.56 Å². The highest BCUT2D eigenvalue weighted by atomic mass is 35.5. The molecular weight excluding hydrogens is 373 g/mol. The summed E-state index contributed by atoms with van der Waals surface area (Å²) in [7, 11) is 0. The lowest BCUT2D eigenvalue weighted by Gasteiger charge is -2.30. The first kappa shape index (κ1) is 20.0. The number of halogens is 4. The molecule has 1 aliphatic rings.